The highest BCUT2D eigenvalue weighted by Gasteiger charge is 2.20. The van der Waals surface area contributed by atoms with Crippen molar-refractivity contribution in [1.29, 1.82) is 0 Å². The summed E-state index contributed by atoms with van der Waals surface area (Å²) in [6.45, 7) is 6.05. The van der Waals surface area contributed by atoms with Crippen molar-refractivity contribution in [1.82, 2.24) is 5.32 Å². The Morgan fingerprint density at radius 2 is 1.84 bits per heavy atom. The largest absolute Gasteiger partial charge is 0.480 e. The number of aliphatic carboxylic acids is 1. The van der Waals surface area contributed by atoms with Crippen molar-refractivity contribution in [3.05, 3.63) is 47.5 Å². The molecule has 0 radical (unpaired) electrons. The standard InChI is InChI=1S/C22H28N4O5S/c1-22(2,3)31-12-16(20(28)29)25-10-4-5-13-6-8-14(9-7-13)17-11-15(18(23)27)19(32-17)26-21(24)30/h4-9,11,16,25H,10,12H2,1-3H3,(H2,23,27)(H,28,29)(H3,24,26,30)/t16-/m0/s1. The van der Waals surface area contributed by atoms with Crippen LogP contribution in [0.25, 0.3) is 16.5 Å². The lowest BCUT2D eigenvalue weighted by atomic mass is 10.1. The first-order valence-corrected chi connectivity index (χ1v) is 10.6. The van der Waals surface area contributed by atoms with Gasteiger partial charge in [-0.25, -0.2) is 4.79 Å². The van der Waals surface area contributed by atoms with Crippen LogP contribution in [0.3, 0.4) is 0 Å². The molecule has 0 aliphatic rings. The van der Waals surface area contributed by atoms with E-state index < -0.39 is 29.6 Å². The topological polar surface area (TPSA) is 157 Å². The number of hydrogen-bond acceptors (Lipinski definition) is 6. The number of carboxylic acid groups (broad SMARTS) is 1. The molecule has 1 aromatic heterocycles. The summed E-state index contributed by atoms with van der Waals surface area (Å²) in [4.78, 5) is 34.8. The molecule has 7 N–H and O–H groups in total. The van der Waals surface area contributed by atoms with E-state index in [4.69, 9.17) is 16.2 Å². The quantitative estimate of drug-likeness (QED) is 0.367. The maximum atomic E-state index is 11.6. The molecule has 0 saturated heterocycles. The summed E-state index contributed by atoms with van der Waals surface area (Å²) in [6.07, 6.45) is 3.69. The molecule has 172 valence electrons. The second-order valence-electron chi connectivity index (χ2n) is 7.95. The fourth-order valence-corrected chi connectivity index (χ4v) is 3.71. The molecule has 32 heavy (non-hydrogen) atoms. The average molecular weight is 461 g/mol. The third kappa shape index (κ3) is 7.80. The van der Waals surface area contributed by atoms with Crippen LogP contribution in [-0.4, -0.2) is 47.8 Å². The van der Waals surface area contributed by atoms with E-state index in [0.717, 1.165) is 16.0 Å². The number of anilines is 1. The van der Waals surface area contributed by atoms with Gasteiger partial charge in [-0.3, -0.25) is 20.2 Å². The Hall–Kier alpha value is -3.21. The number of carbonyl (C=O) groups is 3. The molecular formula is C22H28N4O5S. The van der Waals surface area contributed by atoms with Crippen LogP contribution >= 0.6 is 11.3 Å². The summed E-state index contributed by atoms with van der Waals surface area (Å²) in [5, 5.41) is 15.0. The van der Waals surface area contributed by atoms with Gasteiger partial charge in [-0.1, -0.05) is 36.4 Å². The first-order chi connectivity index (χ1) is 15.0. The molecule has 0 spiro atoms. The summed E-state index contributed by atoms with van der Waals surface area (Å²) in [5.41, 5.74) is 12.1. The Labute approximate surface area is 190 Å². The number of nitrogens with two attached hydrogens (primary N) is 2. The van der Waals surface area contributed by atoms with Crippen LogP contribution in [0.15, 0.2) is 36.4 Å². The maximum absolute atomic E-state index is 11.6. The molecule has 0 unspecified atom stereocenters. The molecule has 0 aliphatic carbocycles. The lowest BCUT2D eigenvalue weighted by Crippen LogP contribution is -2.42. The van der Waals surface area contributed by atoms with E-state index in [9.17, 15) is 19.5 Å². The van der Waals surface area contributed by atoms with E-state index in [1.807, 2.05) is 57.2 Å². The fraction of sp³-hybridized carbons (Fsp3) is 0.318. The smallest absolute Gasteiger partial charge is 0.323 e. The van der Waals surface area contributed by atoms with Crippen LogP contribution in [-0.2, 0) is 9.53 Å². The minimum absolute atomic E-state index is 0.0715. The predicted molar refractivity (Wildman–Crippen MR) is 126 cm³/mol. The summed E-state index contributed by atoms with van der Waals surface area (Å²) >= 11 is 1.20. The van der Waals surface area contributed by atoms with Gasteiger partial charge in [-0.2, -0.15) is 0 Å². The number of thiophene rings is 1. The molecule has 1 atom stereocenters. The third-order valence-corrected chi connectivity index (χ3v) is 5.30. The van der Waals surface area contributed by atoms with Gasteiger partial charge in [-0.15, -0.1) is 11.3 Å². The van der Waals surface area contributed by atoms with Gasteiger partial charge < -0.3 is 21.3 Å². The van der Waals surface area contributed by atoms with Gasteiger partial charge in [-0.05, 0) is 38.0 Å². The molecular weight excluding hydrogens is 432 g/mol. The van der Waals surface area contributed by atoms with E-state index in [0.29, 0.717) is 11.5 Å². The average Bonchev–Trinajstić information content (AvgIpc) is 3.10. The zero-order chi connectivity index (χ0) is 23.9. The Morgan fingerprint density at radius 1 is 1.19 bits per heavy atom. The van der Waals surface area contributed by atoms with E-state index in [-0.39, 0.29) is 12.2 Å². The van der Waals surface area contributed by atoms with Crippen molar-refractivity contribution in [2.75, 3.05) is 18.5 Å². The summed E-state index contributed by atoms with van der Waals surface area (Å²) in [6, 6.07) is 7.54. The van der Waals surface area contributed by atoms with Crippen molar-refractivity contribution in [2.45, 2.75) is 32.4 Å². The van der Waals surface area contributed by atoms with E-state index >= 15 is 0 Å². The second kappa shape index (κ2) is 10.9. The molecule has 1 aromatic carbocycles. The number of primary amides is 2. The van der Waals surface area contributed by atoms with Gasteiger partial charge in [0.15, 0.2) is 0 Å². The fourth-order valence-electron chi connectivity index (χ4n) is 2.64. The molecule has 1 heterocycles. The van der Waals surface area contributed by atoms with Crippen LogP contribution in [0.2, 0.25) is 0 Å². The van der Waals surface area contributed by atoms with Crippen molar-refractivity contribution >= 4 is 40.3 Å². The number of urea groups is 1. The highest BCUT2D eigenvalue weighted by atomic mass is 32.1. The minimum Gasteiger partial charge on any atom is -0.480 e. The molecule has 10 heteroatoms. The Kier molecular flexibility index (Phi) is 8.53. The second-order valence-corrected chi connectivity index (χ2v) is 9.01. The maximum Gasteiger partial charge on any atom is 0.323 e. The molecule has 2 aromatic rings. The van der Waals surface area contributed by atoms with Crippen LogP contribution in [0.5, 0.6) is 0 Å². The van der Waals surface area contributed by atoms with Crippen molar-refractivity contribution in [3.8, 4) is 10.4 Å². The first kappa shape index (κ1) is 25.1. The Balaban J connectivity index is 2.00. The van der Waals surface area contributed by atoms with E-state index in [1.165, 1.54) is 11.3 Å². The van der Waals surface area contributed by atoms with Gasteiger partial charge in [0, 0.05) is 11.4 Å². The first-order valence-electron chi connectivity index (χ1n) is 9.83. The molecule has 0 saturated carbocycles. The lowest BCUT2D eigenvalue weighted by molar-refractivity contribution is -0.142. The Bertz CT molecular complexity index is 993. The van der Waals surface area contributed by atoms with E-state index in [2.05, 4.69) is 10.6 Å². The highest BCUT2D eigenvalue weighted by Crippen LogP contribution is 2.35. The number of amides is 3. The number of nitrogens with one attached hydrogen (secondary N) is 2. The lowest BCUT2D eigenvalue weighted by Gasteiger charge is -2.22. The van der Waals surface area contributed by atoms with Crippen LogP contribution < -0.4 is 22.1 Å². The molecule has 0 bridgehead atoms. The number of benzene rings is 1. The number of carboxylic acids is 1. The Morgan fingerprint density at radius 3 is 2.38 bits per heavy atom. The minimum atomic E-state index is -0.969. The SMILES string of the molecule is CC(C)(C)OC[C@H](NCC=Cc1ccc(-c2cc(C(N)=O)c(NC(N)=O)s2)cc1)C(=O)O. The molecule has 9 nitrogen and oxygen atoms in total. The summed E-state index contributed by atoms with van der Waals surface area (Å²) < 4.78 is 5.54. The third-order valence-electron chi connectivity index (χ3n) is 4.20. The van der Waals surface area contributed by atoms with Gasteiger partial charge in [0.25, 0.3) is 5.91 Å². The molecule has 0 fully saturated rings. The number of rotatable bonds is 10. The van der Waals surface area contributed by atoms with Gasteiger partial charge in [0.1, 0.15) is 11.0 Å². The van der Waals surface area contributed by atoms with Gasteiger partial charge in [0.2, 0.25) is 0 Å². The van der Waals surface area contributed by atoms with Crippen molar-refractivity contribution < 1.29 is 24.2 Å². The molecule has 2 rings (SSSR count). The molecule has 3 amide bonds. The molecule has 0 aliphatic heterocycles. The predicted octanol–water partition coefficient (Wildman–Crippen LogP) is 2.88. The van der Waals surface area contributed by atoms with Gasteiger partial charge >= 0.3 is 12.0 Å². The number of carbonyl (C=O) groups excluding carboxylic acids is 2. The van der Waals surface area contributed by atoms with Crippen molar-refractivity contribution in [2.24, 2.45) is 11.5 Å². The zero-order valence-corrected chi connectivity index (χ0v) is 19.0. The highest BCUT2D eigenvalue weighted by molar-refractivity contribution is 7.20. The number of hydrogen-bond donors (Lipinski definition) is 5. The summed E-state index contributed by atoms with van der Waals surface area (Å²) in [5.74, 6) is -1.63. The van der Waals surface area contributed by atoms with Gasteiger partial charge in [0.05, 0.1) is 17.8 Å². The van der Waals surface area contributed by atoms with Crippen molar-refractivity contribution in [3.63, 3.8) is 0 Å². The summed E-state index contributed by atoms with van der Waals surface area (Å²) in [7, 11) is 0. The number of ether oxygens (including phenoxy) is 1. The van der Waals surface area contributed by atoms with E-state index in [1.54, 1.807) is 6.07 Å². The van der Waals surface area contributed by atoms with Crippen LogP contribution in [0, 0.1) is 0 Å². The monoisotopic (exact) mass is 460 g/mol. The normalized spacial score (nSPS) is 12.6. The van der Waals surface area contributed by atoms with Crippen LogP contribution in [0.1, 0.15) is 36.7 Å². The van der Waals surface area contributed by atoms with Crippen LogP contribution in [0.4, 0.5) is 9.80 Å². The zero-order valence-electron chi connectivity index (χ0n) is 18.2.